The summed E-state index contributed by atoms with van der Waals surface area (Å²) < 4.78 is 6.08. The minimum atomic E-state index is -1.28. The van der Waals surface area contributed by atoms with Gasteiger partial charge in [0.1, 0.15) is 28.1 Å². The predicted molar refractivity (Wildman–Crippen MR) is 83.9 cm³/mol. The molecule has 0 aromatic rings. The molecule has 0 aliphatic carbocycles. The molecule has 5 atom stereocenters. The number of thioether (sulfide) groups is 1. The molecule has 1 aliphatic rings. The van der Waals surface area contributed by atoms with Gasteiger partial charge in [0.05, 0.1) is 12.6 Å². The number of amides is 1. The third kappa shape index (κ3) is 4.76. The van der Waals surface area contributed by atoms with Crippen molar-refractivity contribution in [1.29, 1.82) is 0 Å². The number of carbonyl (C=O) groups is 1. The first kappa shape index (κ1) is 18.6. The molecule has 1 rings (SSSR count). The maximum Gasteiger partial charge on any atom is 0.220 e. The molecule has 7 nitrogen and oxygen atoms in total. The zero-order chi connectivity index (χ0) is 16.2. The van der Waals surface area contributed by atoms with Crippen LogP contribution in [0.2, 0.25) is 0 Å². The number of aliphatic hydroxyl groups is 3. The van der Waals surface area contributed by atoms with Crippen LogP contribution in [0.15, 0.2) is 0 Å². The highest BCUT2D eigenvalue weighted by Gasteiger charge is 2.45. The van der Waals surface area contributed by atoms with Gasteiger partial charge in [-0.2, -0.15) is 0 Å². The lowest BCUT2D eigenvalue weighted by Gasteiger charge is -2.42. The van der Waals surface area contributed by atoms with E-state index in [1.165, 1.54) is 0 Å². The van der Waals surface area contributed by atoms with E-state index in [0.717, 1.165) is 11.8 Å². The molecule has 4 N–H and O–H groups in total. The lowest BCUT2D eigenvalue weighted by atomic mass is 9.98. The van der Waals surface area contributed by atoms with Gasteiger partial charge in [0.25, 0.3) is 0 Å². The largest absolute Gasteiger partial charge is 0.394 e. The fourth-order valence-corrected chi connectivity index (χ4v) is 3.10. The summed E-state index contributed by atoms with van der Waals surface area (Å²) in [5.41, 5.74) is -0.689. The summed E-state index contributed by atoms with van der Waals surface area (Å²) in [5.74, 6) is -0.265. The van der Waals surface area contributed by atoms with Crippen molar-refractivity contribution >= 4 is 34.2 Å². The predicted octanol–water partition coefficient (Wildman–Crippen LogP) is -1.10. The Balaban J connectivity index is 2.89. The average Bonchev–Trinajstić information content (AvgIpc) is 2.45. The monoisotopic (exact) mass is 338 g/mol. The Morgan fingerprint density at radius 3 is 2.48 bits per heavy atom. The Kier molecular flexibility index (Phi) is 7.31. The maximum absolute atomic E-state index is 11.6. The second-order valence-electron chi connectivity index (χ2n) is 4.93. The molecule has 0 spiro atoms. The number of nitrogens with zero attached hydrogens (tertiary/aromatic N) is 1. The van der Waals surface area contributed by atoms with Gasteiger partial charge in [-0.05, 0) is 0 Å². The van der Waals surface area contributed by atoms with Crippen molar-refractivity contribution in [3.63, 3.8) is 0 Å². The van der Waals surface area contributed by atoms with Crippen molar-refractivity contribution in [2.45, 2.75) is 43.1 Å². The van der Waals surface area contributed by atoms with Gasteiger partial charge in [0.2, 0.25) is 5.91 Å². The van der Waals surface area contributed by atoms with Gasteiger partial charge in [0.15, 0.2) is 0 Å². The summed E-state index contributed by atoms with van der Waals surface area (Å²) in [6.45, 7) is 1.25. The summed E-state index contributed by atoms with van der Waals surface area (Å²) >= 11 is 6.34. The van der Waals surface area contributed by atoms with E-state index < -0.39 is 36.4 Å². The Labute approximate surface area is 133 Å². The highest BCUT2D eigenvalue weighted by Crippen LogP contribution is 2.30. The van der Waals surface area contributed by atoms with Crippen LogP contribution in [0.4, 0.5) is 0 Å². The number of hydrogen-bond acceptors (Lipinski definition) is 7. The minimum Gasteiger partial charge on any atom is -0.394 e. The van der Waals surface area contributed by atoms with Crippen molar-refractivity contribution in [3.8, 4) is 0 Å². The lowest BCUT2D eigenvalue weighted by molar-refractivity contribution is -0.173. The Morgan fingerprint density at radius 2 is 2.00 bits per heavy atom. The number of ether oxygens (including phenoxy) is 1. The summed E-state index contributed by atoms with van der Waals surface area (Å²) in [6, 6.07) is -0.807. The number of aliphatic hydroxyl groups excluding tert-OH is 3. The van der Waals surface area contributed by atoms with Gasteiger partial charge in [-0.3, -0.25) is 4.79 Å². The Morgan fingerprint density at radius 1 is 1.38 bits per heavy atom. The standard InChI is InChI=1S/C12H22N2O5S2/c1-4-7(16)13-8-10(18)9(17)6(5-15)19-11(8)21-12(20)14(2)3/h6,8-11,15,17-18H,4-5H2,1-3H3,(H,13,16)/t6-,8?,9-,10-,11+/m1/s1. The van der Waals surface area contributed by atoms with Crippen molar-refractivity contribution in [1.82, 2.24) is 10.2 Å². The molecular formula is C12H22N2O5S2. The number of thiocarbonyl (C=S) groups is 1. The van der Waals surface area contributed by atoms with Crippen molar-refractivity contribution in [3.05, 3.63) is 0 Å². The van der Waals surface area contributed by atoms with Crippen LogP contribution < -0.4 is 5.32 Å². The van der Waals surface area contributed by atoms with E-state index in [-0.39, 0.29) is 12.3 Å². The van der Waals surface area contributed by atoms with E-state index in [1.807, 2.05) is 0 Å². The van der Waals surface area contributed by atoms with Crippen LogP contribution in [0, 0.1) is 0 Å². The zero-order valence-corrected chi connectivity index (χ0v) is 13.9. The van der Waals surface area contributed by atoms with Crippen LogP contribution in [-0.4, -0.2) is 80.9 Å². The normalized spacial score (nSPS) is 32.6. The van der Waals surface area contributed by atoms with E-state index in [2.05, 4.69) is 5.32 Å². The van der Waals surface area contributed by atoms with E-state index in [4.69, 9.17) is 17.0 Å². The SMILES string of the molecule is CCC(=O)NC1[C@@H](O)[C@H](O)[C@@H](CO)O[C@H]1SC(=S)N(C)C. The second kappa shape index (κ2) is 8.25. The van der Waals surface area contributed by atoms with Gasteiger partial charge in [-0.25, -0.2) is 0 Å². The molecule has 1 heterocycles. The molecule has 0 aromatic heterocycles. The molecule has 21 heavy (non-hydrogen) atoms. The molecule has 1 saturated heterocycles. The van der Waals surface area contributed by atoms with Crippen LogP contribution in [0.5, 0.6) is 0 Å². The van der Waals surface area contributed by atoms with Crippen LogP contribution in [0.3, 0.4) is 0 Å². The fourth-order valence-electron chi connectivity index (χ4n) is 1.83. The van der Waals surface area contributed by atoms with E-state index >= 15 is 0 Å². The van der Waals surface area contributed by atoms with Crippen LogP contribution in [-0.2, 0) is 9.53 Å². The molecule has 1 fully saturated rings. The molecule has 1 unspecified atom stereocenters. The number of carbonyl (C=O) groups excluding carboxylic acids is 1. The third-order valence-corrected chi connectivity index (χ3v) is 4.97. The fraction of sp³-hybridized carbons (Fsp3) is 0.833. The average molecular weight is 338 g/mol. The maximum atomic E-state index is 11.6. The minimum absolute atomic E-state index is 0.248. The third-order valence-electron chi connectivity index (χ3n) is 3.11. The summed E-state index contributed by atoms with van der Waals surface area (Å²) in [6.07, 6.45) is -3.19. The molecule has 1 amide bonds. The van der Waals surface area contributed by atoms with Crippen LogP contribution in [0.1, 0.15) is 13.3 Å². The molecular weight excluding hydrogens is 316 g/mol. The first-order valence-electron chi connectivity index (χ1n) is 6.61. The molecule has 1 aliphatic heterocycles. The Hall–Kier alpha value is -0.450. The smallest absolute Gasteiger partial charge is 0.220 e. The molecule has 0 saturated carbocycles. The van der Waals surface area contributed by atoms with Crippen molar-refractivity contribution < 1.29 is 24.9 Å². The van der Waals surface area contributed by atoms with Crippen molar-refractivity contribution in [2.75, 3.05) is 20.7 Å². The van der Waals surface area contributed by atoms with Crippen LogP contribution in [0.25, 0.3) is 0 Å². The molecule has 9 heteroatoms. The van der Waals surface area contributed by atoms with E-state index in [1.54, 1.807) is 25.9 Å². The molecule has 0 aromatic carbocycles. The molecule has 0 bridgehead atoms. The summed E-state index contributed by atoms with van der Waals surface area (Å²) in [4.78, 5) is 13.3. The lowest BCUT2D eigenvalue weighted by Crippen LogP contribution is -2.63. The Bertz CT molecular complexity index is 383. The molecule has 0 radical (unpaired) electrons. The highest BCUT2D eigenvalue weighted by atomic mass is 32.2. The topological polar surface area (TPSA) is 102 Å². The van der Waals surface area contributed by atoms with Gasteiger partial charge < -0.3 is 30.3 Å². The van der Waals surface area contributed by atoms with Gasteiger partial charge in [0, 0.05) is 20.5 Å². The quantitative estimate of drug-likeness (QED) is 0.479. The van der Waals surface area contributed by atoms with Crippen molar-refractivity contribution in [2.24, 2.45) is 0 Å². The van der Waals surface area contributed by atoms with Crippen LogP contribution >= 0.6 is 24.0 Å². The van der Waals surface area contributed by atoms with Gasteiger partial charge in [-0.15, -0.1) is 0 Å². The van der Waals surface area contributed by atoms with Gasteiger partial charge >= 0.3 is 0 Å². The number of hydrogen-bond donors (Lipinski definition) is 4. The number of nitrogens with one attached hydrogen (secondary N) is 1. The highest BCUT2D eigenvalue weighted by molar-refractivity contribution is 8.23. The summed E-state index contributed by atoms with van der Waals surface area (Å²) in [7, 11) is 3.54. The van der Waals surface area contributed by atoms with E-state index in [9.17, 15) is 20.1 Å². The summed E-state index contributed by atoms with van der Waals surface area (Å²) in [5, 5.41) is 31.9. The van der Waals surface area contributed by atoms with Gasteiger partial charge in [-0.1, -0.05) is 30.9 Å². The first-order valence-corrected chi connectivity index (χ1v) is 7.90. The zero-order valence-electron chi connectivity index (χ0n) is 12.2. The van der Waals surface area contributed by atoms with E-state index in [0.29, 0.717) is 4.32 Å². The number of rotatable bonds is 4. The molecule has 122 valence electrons. The second-order valence-corrected chi connectivity index (χ2v) is 6.66. The first-order chi connectivity index (χ1) is 9.81.